The third-order valence-corrected chi connectivity index (χ3v) is 4.28. The van der Waals surface area contributed by atoms with Gasteiger partial charge in [-0.3, -0.25) is 4.79 Å². The zero-order valence-corrected chi connectivity index (χ0v) is 11.0. The van der Waals surface area contributed by atoms with Crippen LogP contribution in [0.4, 0.5) is 0 Å². The highest BCUT2D eigenvalue weighted by atomic mass is 16.5. The second kappa shape index (κ2) is 4.34. The van der Waals surface area contributed by atoms with Crippen LogP contribution in [0, 0.1) is 0 Å². The van der Waals surface area contributed by atoms with Crippen LogP contribution in [0.5, 0.6) is 0 Å². The van der Waals surface area contributed by atoms with Crippen molar-refractivity contribution >= 4 is 5.91 Å². The maximum Gasteiger partial charge on any atom is 0.222 e. The first-order chi connectivity index (χ1) is 7.30. The van der Waals surface area contributed by atoms with Crippen molar-refractivity contribution < 1.29 is 10.0 Å². The van der Waals surface area contributed by atoms with Gasteiger partial charge in [0.2, 0.25) is 5.91 Å². The Kier molecular flexibility index (Phi) is 3.65. The average molecular weight is 227 g/mol. The normalized spacial score (nSPS) is 41.6. The summed E-state index contributed by atoms with van der Waals surface area (Å²) < 4.78 is 0. The number of hydrogen-bond acceptors (Lipinski definition) is 2. The summed E-state index contributed by atoms with van der Waals surface area (Å²) in [5.41, 5.74) is -1.10. The minimum Gasteiger partial charge on any atom is -0.352 e. The second-order valence-corrected chi connectivity index (χ2v) is 5.32. The van der Waals surface area contributed by atoms with E-state index >= 15 is 0 Å². The van der Waals surface area contributed by atoms with Crippen molar-refractivity contribution in [1.82, 2.24) is 10.4 Å². The van der Waals surface area contributed by atoms with E-state index in [1.807, 2.05) is 34.6 Å². The molecule has 1 aliphatic heterocycles. The van der Waals surface area contributed by atoms with Crippen molar-refractivity contribution in [2.75, 3.05) is 0 Å². The van der Waals surface area contributed by atoms with Crippen molar-refractivity contribution in [2.45, 2.75) is 71.0 Å². The molecule has 1 rings (SSSR count). The lowest BCUT2D eigenvalue weighted by Crippen LogP contribution is -2.60. The molecule has 3 atom stereocenters. The van der Waals surface area contributed by atoms with E-state index in [-0.39, 0.29) is 18.4 Å². The Morgan fingerprint density at radius 3 is 2.38 bits per heavy atom. The third kappa shape index (κ3) is 1.96. The van der Waals surface area contributed by atoms with Gasteiger partial charge in [0, 0.05) is 12.5 Å². The SMILES string of the molecule is CCC1(C)CC(=O)NC(C)C(C)(CC)N1[O]. The molecule has 16 heavy (non-hydrogen) atoms. The van der Waals surface area contributed by atoms with Gasteiger partial charge in [0.1, 0.15) is 0 Å². The van der Waals surface area contributed by atoms with E-state index in [1.54, 1.807) is 0 Å². The molecule has 93 valence electrons. The molecule has 0 spiro atoms. The Labute approximate surface area is 98.0 Å². The minimum absolute atomic E-state index is 0.0186. The van der Waals surface area contributed by atoms with Crippen molar-refractivity contribution in [2.24, 2.45) is 0 Å². The van der Waals surface area contributed by atoms with E-state index in [0.717, 1.165) is 11.5 Å². The lowest BCUT2D eigenvalue weighted by Gasteiger charge is -2.45. The highest BCUT2D eigenvalue weighted by Gasteiger charge is 2.49. The number of amides is 1. The fourth-order valence-electron chi connectivity index (χ4n) is 2.38. The summed E-state index contributed by atoms with van der Waals surface area (Å²) in [6.07, 6.45) is 1.70. The molecule has 0 aliphatic carbocycles. The molecule has 4 heteroatoms. The Hall–Kier alpha value is -0.610. The number of hydroxylamine groups is 2. The van der Waals surface area contributed by atoms with Gasteiger partial charge in [-0.25, -0.2) is 0 Å². The first-order valence-electron chi connectivity index (χ1n) is 6.07. The Balaban J connectivity index is 3.15. The van der Waals surface area contributed by atoms with Gasteiger partial charge in [-0.15, -0.1) is 10.3 Å². The summed E-state index contributed by atoms with van der Waals surface area (Å²) in [5.74, 6) is -0.0186. The molecule has 0 aromatic heterocycles. The van der Waals surface area contributed by atoms with Crippen LogP contribution < -0.4 is 5.32 Å². The van der Waals surface area contributed by atoms with E-state index in [4.69, 9.17) is 0 Å². The van der Waals surface area contributed by atoms with Crippen LogP contribution in [0.15, 0.2) is 0 Å². The van der Waals surface area contributed by atoms with Gasteiger partial charge in [-0.2, -0.15) is 0 Å². The second-order valence-electron chi connectivity index (χ2n) is 5.32. The van der Waals surface area contributed by atoms with Crippen LogP contribution >= 0.6 is 0 Å². The fourth-order valence-corrected chi connectivity index (χ4v) is 2.38. The number of carbonyl (C=O) groups is 1. The molecule has 4 nitrogen and oxygen atoms in total. The maximum absolute atomic E-state index is 12.5. The van der Waals surface area contributed by atoms with Gasteiger partial charge in [0.25, 0.3) is 0 Å². The zero-order chi connectivity index (χ0) is 12.6. The maximum atomic E-state index is 12.5. The molecule has 1 amide bonds. The highest BCUT2D eigenvalue weighted by molar-refractivity contribution is 5.78. The van der Waals surface area contributed by atoms with Gasteiger partial charge in [0.05, 0.1) is 11.1 Å². The molecule has 1 aliphatic rings. The van der Waals surface area contributed by atoms with Crippen molar-refractivity contribution in [1.29, 1.82) is 0 Å². The Morgan fingerprint density at radius 2 is 1.94 bits per heavy atom. The smallest absolute Gasteiger partial charge is 0.222 e. The van der Waals surface area contributed by atoms with Gasteiger partial charge >= 0.3 is 0 Å². The van der Waals surface area contributed by atoms with E-state index in [1.165, 1.54) is 0 Å². The van der Waals surface area contributed by atoms with Gasteiger partial charge in [0.15, 0.2) is 0 Å². The summed E-state index contributed by atoms with van der Waals surface area (Å²) in [4.78, 5) is 11.7. The predicted octanol–water partition coefficient (Wildman–Crippen LogP) is 1.88. The number of hydrogen-bond donors (Lipinski definition) is 1. The van der Waals surface area contributed by atoms with E-state index in [9.17, 15) is 10.0 Å². The predicted molar refractivity (Wildman–Crippen MR) is 62.1 cm³/mol. The van der Waals surface area contributed by atoms with Crippen LogP contribution in [-0.4, -0.2) is 28.1 Å². The third-order valence-electron chi connectivity index (χ3n) is 4.28. The van der Waals surface area contributed by atoms with E-state index < -0.39 is 11.1 Å². The lowest BCUT2D eigenvalue weighted by molar-refractivity contribution is -0.282. The Bertz CT molecular complexity index is 282. The molecule has 0 aromatic rings. The van der Waals surface area contributed by atoms with Crippen LogP contribution in [0.25, 0.3) is 0 Å². The summed E-state index contributed by atoms with van der Waals surface area (Å²) in [7, 11) is 0. The average Bonchev–Trinajstić information content (AvgIpc) is 2.30. The fraction of sp³-hybridized carbons (Fsp3) is 0.917. The molecule has 1 radical (unpaired) electrons. The quantitative estimate of drug-likeness (QED) is 0.783. The summed E-state index contributed by atoms with van der Waals surface area (Å²) in [6, 6.07) is -0.115. The summed E-state index contributed by atoms with van der Waals surface area (Å²) >= 11 is 0. The number of carbonyl (C=O) groups excluding carboxylic acids is 1. The largest absolute Gasteiger partial charge is 0.352 e. The number of nitrogens with one attached hydrogen (secondary N) is 1. The molecular formula is C12H23N2O2. The molecule has 0 aromatic carbocycles. The number of nitrogens with zero attached hydrogens (tertiary/aromatic N) is 1. The molecule has 3 unspecified atom stereocenters. The van der Waals surface area contributed by atoms with Gasteiger partial charge in [-0.05, 0) is 33.6 Å². The van der Waals surface area contributed by atoms with Crippen molar-refractivity contribution in [3.8, 4) is 0 Å². The van der Waals surface area contributed by atoms with Crippen LogP contribution in [0.3, 0.4) is 0 Å². The first kappa shape index (κ1) is 13.5. The van der Waals surface area contributed by atoms with Crippen LogP contribution in [-0.2, 0) is 10.0 Å². The lowest BCUT2D eigenvalue weighted by atomic mass is 9.85. The summed E-state index contributed by atoms with van der Waals surface area (Å²) in [5, 5.41) is 16.6. The van der Waals surface area contributed by atoms with Crippen LogP contribution in [0.1, 0.15) is 53.9 Å². The zero-order valence-electron chi connectivity index (χ0n) is 11.0. The molecule has 0 bridgehead atoms. The molecule has 0 saturated carbocycles. The Morgan fingerprint density at radius 1 is 1.38 bits per heavy atom. The highest BCUT2D eigenvalue weighted by Crippen LogP contribution is 2.36. The van der Waals surface area contributed by atoms with Crippen molar-refractivity contribution in [3.05, 3.63) is 0 Å². The minimum atomic E-state index is -0.584. The molecule has 1 fully saturated rings. The monoisotopic (exact) mass is 227 g/mol. The summed E-state index contributed by atoms with van der Waals surface area (Å²) in [6.45, 7) is 9.68. The van der Waals surface area contributed by atoms with Crippen LogP contribution in [0.2, 0.25) is 0 Å². The molecule has 1 N–H and O–H groups in total. The first-order valence-corrected chi connectivity index (χ1v) is 6.07. The van der Waals surface area contributed by atoms with Crippen molar-refractivity contribution in [3.63, 3.8) is 0 Å². The van der Waals surface area contributed by atoms with Gasteiger partial charge in [-0.1, -0.05) is 13.8 Å². The number of rotatable bonds is 2. The standard InChI is InChI=1S/C12H23N2O2/c1-6-11(4)8-10(15)13-9(3)12(5,7-2)14(11)16/h9H,6-8H2,1-5H3,(H,13,15). The molecular weight excluding hydrogens is 204 g/mol. The topological polar surface area (TPSA) is 52.2 Å². The molecule has 1 saturated heterocycles. The molecule has 1 heterocycles. The van der Waals surface area contributed by atoms with E-state index in [2.05, 4.69) is 5.32 Å². The van der Waals surface area contributed by atoms with E-state index in [0.29, 0.717) is 6.42 Å². The van der Waals surface area contributed by atoms with Gasteiger partial charge < -0.3 is 5.32 Å².